The number of anilines is 2. The lowest BCUT2D eigenvalue weighted by atomic mass is 9.66. The molecule has 1 aliphatic heterocycles. The van der Waals surface area contributed by atoms with Gasteiger partial charge in [0, 0.05) is 12.1 Å². The van der Waals surface area contributed by atoms with Crippen molar-refractivity contribution in [2.24, 2.45) is 0 Å². The molecule has 1 aliphatic rings. The molecule has 2 aromatic carbocycles. The van der Waals surface area contributed by atoms with Gasteiger partial charge in [-0.1, -0.05) is 17.0 Å². The number of nitro groups is 1. The maximum atomic E-state index is 14.0. The molecule has 0 atom stereocenters. The molecule has 5 rings (SSSR count). The number of para-hydroxylation sites is 1. The summed E-state index contributed by atoms with van der Waals surface area (Å²) in [6.45, 7) is 0.130. The van der Waals surface area contributed by atoms with Crippen LogP contribution in [0.3, 0.4) is 0 Å². The summed E-state index contributed by atoms with van der Waals surface area (Å²) in [7, 11) is 23.7. The van der Waals surface area contributed by atoms with Gasteiger partial charge in [-0.2, -0.15) is 0 Å². The van der Waals surface area contributed by atoms with Crippen LogP contribution in [0.15, 0.2) is 35.7 Å². The van der Waals surface area contributed by atoms with Crippen LogP contribution in [0.5, 0.6) is 0 Å². The first-order valence-corrected chi connectivity index (χ1v) is 12.9. The van der Waals surface area contributed by atoms with E-state index in [9.17, 15) is 28.5 Å². The van der Waals surface area contributed by atoms with E-state index in [1.807, 2.05) is 0 Å². The molecule has 2 aromatic heterocycles. The van der Waals surface area contributed by atoms with Crippen molar-refractivity contribution < 1.29 is 23.3 Å². The van der Waals surface area contributed by atoms with E-state index in [0.29, 0.717) is 21.9 Å². The predicted octanol–water partition coefficient (Wildman–Crippen LogP) is 1.29. The molecule has 0 spiro atoms. The molecule has 0 saturated carbocycles. The minimum absolute atomic E-state index is 0.130. The summed E-state index contributed by atoms with van der Waals surface area (Å²) in [5.41, 5.74) is -1.86. The Hall–Kier alpha value is -3.70. The fraction of sp³-hybridized carbons (Fsp3) is 0.0833. The van der Waals surface area contributed by atoms with E-state index in [0.717, 1.165) is 29.0 Å². The van der Waals surface area contributed by atoms with Crippen molar-refractivity contribution in [3.05, 3.63) is 73.5 Å². The SMILES string of the molecule is [B]c1c([B])c([N+](=O)[O-])c([B])c([B])c1C(=O)N1CCc2cc(C(=O)Nc3c(F)cccc3F)sc2-c2sccc21. The molecule has 8 radical (unpaired) electrons. The van der Waals surface area contributed by atoms with Gasteiger partial charge in [-0.25, -0.2) is 8.78 Å². The second kappa shape index (κ2) is 10.1. The van der Waals surface area contributed by atoms with Crippen molar-refractivity contribution in [1.82, 2.24) is 0 Å². The van der Waals surface area contributed by atoms with E-state index in [4.69, 9.17) is 31.4 Å². The molecule has 0 saturated heterocycles. The van der Waals surface area contributed by atoms with Gasteiger partial charge in [0.1, 0.15) is 48.7 Å². The van der Waals surface area contributed by atoms with Crippen molar-refractivity contribution in [2.45, 2.75) is 6.42 Å². The molecule has 2 amide bonds. The van der Waals surface area contributed by atoms with Crippen molar-refractivity contribution in [3.8, 4) is 9.75 Å². The Morgan fingerprint density at radius 2 is 1.64 bits per heavy atom. The number of carbonyl (C=O) groups is 2. The Balaban J connectivity index is 1.51. The zero-order valence-corrected chi connectivity index (χ0v) is 21.4. The third kappa shape index (κ3) is 4.49. The highest BCUT2D eigenvalue weighted by Gasteiger charge is 2.32. The average molecular weight is 551 g/mol. The van der Waals surface area contributed by atoms with Gasteiger partial charge in [0.25, 0.3) is 17.5 Å². The van der Waals surface area contributed by atoms with Gasteiger partial charge in [-0.05, 0) is 52.6 Å². The van der Waals surface area contributed by atoms with Crippen molar-refractivity contribution >= 4 is 105 Å². The van der Waals surface area contributed by atoms with E-state index in [1.165, 1.54) is 22.3 Å². The molecular formula is C24H11B4F2N3O4S2. The van der Waals surface area contributed by atoms with E-state index in [2.05, 4.69) is 5.32 Å². The Kier molecular flexibility index (Phi) is 6.98. The van der Waals surface area contributed by atoms with Gasteiger partial charge in [-0.3, -0.25) is 19.7 Å². The zero-order chi connectivity index (χ0) is 28.2. The Labute approximate surface area is 234 Å². The smallest absolute Gasteiger partial charge is 0.265 e. The first-order chi connectivity index (χ1) is 18.5. The normalized spacial score (nSPS) is 12.4. The topological polar surface area (TPSA) is 92.6 Å². The van der Waals surface area contributed by atoms with Gasteiger partial charge in [0.2, 0.25) is 0 Å². The van der Waals surface area contributed by atoms with Crippen LogP contribution in [-0.2, 0) is 6.42 Å². The Bertz CT molecular complexity index is 1660. The van der Waals surface area contributed by atoms with Crippen LogP contribution in [0.2, 0.25) is 0 Å². The first kappa shape index (κ1) is 26.9. The lowest BCUT2D eigenvalue weighted by Crippen LogP contribution is -2.50. The highest BCUT2D eigenvalue weighted by atomic mass is 32.1. The first-order valence-electron chi connectivity index (χ1n) is 11.2. The molecule has 1 N–H and O–H groups in total. The third-order valence-corrected chi connectivity index (χ3v) is 8.50. The number of thiophene rings is 2. The molecule has 39 heavy (non-hydrogen) atoms. The highest BCUT2D eigenvalue weighted by molar-refractivity contribution is 7.23. The maximum Gasteiger partial charge on any atom is 0.265 e. The van der Waals surface area contributed by atoms with Crippen molar-refractivity contribution in [1.29, 1.82) is 0 Å². The average Bonchev–Trinajstić information content (AvgIpc) is 3.50. The van der Waals surface area contributed by atoms with Crippen LogP contribution in [0.4, 0.5) is 25.8 Å². The molecule has 4 aromatic rings. The number of nitrogens with one attached hydrogen (secondary N) is 1. The maximum absolute atomic E-state index is 14.0. The highest BCUT2D eigenvalue weighted by Crippen LogP contribution is 2.45. The summed E-state index contributed by atoms with van der Waals surface area (Å²) in [6.07, 6.45) is 0.304. The summed E-state index contributed by atoms with van der Waals surface area (Å²) in [4.78, 5) is 40.1. The van der Waals surface area contributed by atoms with Crippen molar-refractivity contribution in [3.63, 3.8) is 0 Å². The van der Waals surface area contributed by atoms with E-state index in [1.54, 1.807) is 17.5 Å². The van der Waals surface area contributed by atoms with Gasteiger partial charge in [0.15, 0.2) is 0 Å². The largest absolute Gasteiger partial charge is 0.316 e. The molecule has 184 valence electrons. The predicted molar refractivity (Wildman–Crippen MR) is 152 cm³/mol. The molecule has 7 nitrogen and oxygen atoms in total. The second-order valence-electron chi connectivity index (χ2n) is 8.49. The summed E-state index contributed by atoms with van der Waals surface area (Å²) >= 11 is 2.43. The Morgan fingerprint density at radius 3 is 2.26 bits per heavy atom. The molecule has 15 heteroatoms. The number of fused-ring (bicyclic) bond motifs is 3. The standard InChI is InChI=1S/C24H11B4F2N3O4S2/c25-15-14(16(26)18(28)20(17(15)27)33(36)37)24(35)32-6-4-9-8-13(39-21(9)22-12(32)5-7-38-22)23(34)31-19-10(29)2-1-3-11(19)30/h1-3,5,7-8H,4,6H2,(H,31,34). The number of nitro benzene ring substituents is 1. The summed E-state index contributed by atoms with van der Waals surface area (Å²) in [5.74, 6) is -3.13. The lowest BCUT2D eigenvalue weighted by Gasteiger charge is -2.25. The van der Waals surface area contributed by atoms with Crippen LogP contribution >= 0.6 is 22.7 Å². The van der Waals surface area contributed by atoms with E-state index < -0.39 is 50.7 Å². The van der Waals surface area contributed by atoms with Gasteiger partial charge in [0.05, 0.1) is 25.2 Å². The number of hydrogen-bond acceptors (Lipinski definition) is 6. The number of amides is 2. The number of hydrogen-bond donors (Lipinski definition) is 1. The minimum atomic E-state index is -0.901. The van der Waals surface area contributed by atoms with Gasteiger partial charge < -0.3 is 10.2 Å². The zero-order valence-electron chi connectivity index (χ0n) is 19.8. The monoisotopic (exact) mass is 551 g/mol. The summed E-state index contributed by atoms with van der Waals surface area (Å²) < 4.78 is 28.1. The lowest BCUT2D eigenvalue weighted by molar-refractivity contribution is -0.382. The molecule has 0 unspecified atom stereocenters. The molecule has 3 heterocycles. The minimum Gasteiger partial charge on any atom is -0.316 e. The fourth-order valence-corrected chi connectivity index (χ4v) is 6.53. The van der Waals surface area contributed by atoms with Crippen molar-refractivity contribution in [2.75, 3.05) is 16.8 Å². The van der Waals surface area contributed by atoms with Gasteiger partial charge in [-0.15, -0.1) is 22.7 Å². The second-order valence-corrected chi connectivity index (χ2v) is 10.5. The number of benzene rings is 2. The van der Waals surface area contributed by atoms with E-state index in [-0.39, 0.29) is 27.9 Å². The van der Waals surface area contributed by atoms with Crippen LogP contribution in [-0.4, -0.2) is 54.7 Å². The summed E-state index contributed by atoms with van der Waals surface area (Å²) in [5, 5.41) is 15.4. The molecule has 0 bridgehead atoms. The van der Waals surface area contributed by atoms with Crippen LogP contribution in [0.1, 0.15) is 25.6 Å². The van der Waals surface area contributed by atoms with E-state index >= 15 is 0 Å². The molecular weight excluding hydrogens is 540 g/mol. The molecule has 0 aliphatic carbocycles. The van der Waals surface area contributed by atoms with Gasteiger partial charge >= 0.3 is 0 Å². The number of rotatable bonds is 4. The third-order valence-electron chi connectivity index (χ3n) is 6.25. The number of nitrogens with zero attached hydrogens (tertiary/aromatic N) is 2. The quantitative estimate of drug-likeness (QED) is 0.236. The number of carbonyl (C=O) groups excluding carboxylic acids is 2. The Morgan fingerprint density at radius 1 is 1.00 bits per heavy atom. The summed E-state index contributed by atoms with van der Waals surface area (Å²) in [6, 6.07) is 6.58. The molecule has 0 fully saturated rings. The number of halogens is 2. The van der Waals surface area contributed by atoms with Crippen LogP contribution in [0, 0.1) is 21.7 Å². The van der Waals surface area contributed by atoms with Crippen LogP contribution in [0.25, 0.3) is 9.75 Å². The van der Waals surface area contributed by atoms with Crippen LogP contribution < -0.4 is 32.1 Å². The fourth-order valence-electron chi connectivity index (χ4n) is 4.34.